The Bertz CT molecular complexity index is 631. The minimum absolute atomic E-state index is 0.0402. The highest BCUT2D eigenvalue weighted by Gasteiger charge is 2.27. The van der Waals surface area contributed by atoms with Crippen LogP contribution in [0.5, 0.6) is 0 Å². The molecule has 6 heteroatoms. The number of amides is 1. The van der Waals surface area contributed by atoms with Crippen LogP contribution in [-0.4, -0.2) is 51.3 Å². The van der Waals surface area contributed by atoms with E-state index in [-0.39, 0.29) is 12.5 Å². The van der Waals surface area contributed by atoms with Crippen LogP contribution >= 0.6 is 0 Å². The summed E-state index contributed by atoms with van der Waals surface area (Å²) < 4.78 is 0. The fourth-order valence-corrected chi connectivity index (χ4v) is 2.18. The molecule has 0 saturated heterocycles. The fraction of sp³-hybridized carbons (Fsp3) is 0.400. The quantitative estimate of drug-likeness (QED) is 0.870. The van der Waals surface area contributed by atoms with Crippen molar-refractivity contribution < 1.29 is 9.90 Å². The van der Waals surface area contributed by atoms with Gasteiger partial charge < -0.3 is 10.0 Å². The topological polar surface area (TPSA) is 82.1 Å². The number of benzene rings is 1. The number of likely N-dealkylation sites (N-methyl/N-ethyl adjacent to an activating group) is 1. The third kappa shape index (κ3) is 2.95. The Morgan fingerprint density at radius 2 is 2.10 bits per heavy atom. The minimum Gasteiger partial charge on any atom is -0.395 e. The van der Waals surface area contributed by atoms with Crippen molar-refractivity contribution >= 4 is 5.91 Å². The molecular weight excluding hydrogens is 268 g/mol. The molecule has 0 radical (unpaired) electrons. The molecule has 110 valence electrons. The van der Waals surface area contributed by atoms with Crippen molar-refractivity contribution in [3.05, 3.63) is 35.7 Å². The number of hydrogen-bond acceptors (Lipinski definition) is 4. The molecule has 1 aromatic carbocycles. The van der Waals surface area contributed by atoms with E-state index in [1.807, 2.05) is 12.1 Å². The van der Waals surface area contributed by atoms with Crippen LogP contribution in [0, 0.1) is 0 Å². The molecule has 0 aliphatic heterocycles. The zero-order valence-electron chi connectivity index (χ0n) is 11.9. The van der Waals surface area contributed by atoms with E-state index in [1.54, 1.807) is 19.2 Å². The number of aromatic amines is 1. The maximum Gasteiger partial charge on any atom is 0.253 e. The molecule has 1 saturated carbocycles. The van der Waals surface area contributed by atoms with Crippen molar-refractivity contribution in [2.75, 3.05) is 20.2 Å². The maximum absolute atomic E-state index is 12.1. The number of H-pyrrole nitrogens is 1. The van der Waals surface area contributed by atoms with Gasteiger partial charge in [0, 0.05) is 30.6 Å². The maximum atomic E-state index is 12.1. The van der Waals surface area contributed by atoms with Crippen LogP contribution in [0.15, 0.2) is 24.3 Å². The van der Waals surface area contributed by atoms with E-state index in [9.17, 15) is 4.79 Å². The lowest BCUT2D eigenvalue weighted by atomic mass is 10.1. The molecular formula is C15H18N4O2. The van der Waals surface area contributed by atoms with Crippen molar-refractivity contribution in [3.8, 4) is 11.4 Å². The summed E-state index contributed by atoms with van der Waals surface area (Å²) in [5.74, 6) is 2.05. The van der Waals surface area contributed by atoms with Gasteiger partial charge >= 0.3 is 0 Å². The van der Waals surface area contributed by atoms with Crippen molar-refractivity contribution in [2.24, 2.45) is 0 Å². The third-order valence-corrected chi connectivity index (χ3v) is 3.64. The van der Waals surface area contributed by atoms with Crippen molar-refractivity contribution in [1.29, 1.82) is 0 Å². The van der Waals surface area contributed by atoms with Gasteiger partial charge in [-0.15, -0.1) is 0 Å². The SMILES string of the molecule is CN(CCO)C(=O)c1ccc(-c2n[nH]c(C3CC3)n2)cc1. The average Bonchev–Trinajstić information content (AvgIpc) is 3.24. The van der Waals surface area contributed by atoms with Crippen LogP contribution in [0.25, 0.3) is 11.4 Å². The first kappa shape index (κ1) is 13.8. The number of nitrogens with one attached hydrogen (secondary N) is 1. The number of carbonyl (C=O) groups is 1. The minimum atomic E-state index is -0.107. The standard InChI is InChI=1S/C15H18N4O2/c1-19(8-9-20)15(21)12-6-4-11(5-7-12)14-16-13(17-18-14)10-2-3-10/h4-7,10,20H,2-3,8-9H2,1H3,(H,16,17,18). The normalized spacial score (nSPS) is 14.2. The Kier molecular flexibility index (Phi) is 3.70. The van der Waals surface area contributed by atoms with Gasteiger partial charge in [0.15, 0.2) is 5.82 Å². The summed E-state index contributed by atoms with van der Waals surface area (Å²) in [6.07, 6.45) is 2.36. The highest BCUT2D eigenvalue weighted by molar-refractivity contribution is 5.94. The van der Waals surface area contributed by atoms with Crippen LogP contribution in [0.2, 0.25) is 0 Å². The summed E-state index contributed by atoms with van der Waals surface area (Å²) in [5.41, 5.74) is 1.48. The van der Waals surface area contributed by atoms with E-state index in [1.165, 1.54) is 17.7 Å². The molecule has 1 aromatic heterocycles. The van der Waals surface area contributed by atoms with Crippen molar-refractivity contribution in [2.45, 2.75) is 18.8 Å². The Labute approximate surface area is 122 Å². The number of hydrogen-bond donors (Lipinski definition) is 2. The first-order chi connectivity index (χ1) is 10.2. The fourth-order valence-electron chi connectivity index (χ4n) is 2.18. The molecule has 1 fully saturated rings. The molecule has 0 bridgehead atoms. The van der Waals surface area contributed by atoms with E-state index in [0.717, 1.165) is 11.4 Å². The van der Waals surface area contributed by atoms with Crippen molar-refractivity contribution in [1.82, 2.24) is 20.1 Å². The lowest BCUT2D eigenvalue weighted by Gasteiger charge is -2.15. The number of aromatic nitrogens is 3. The Morgan fingerprint density at radius 1 is 1.38 bits per heavy atom. The van der Waals surface area contributed by atoms with Crippen LogP contribution in [0.4, 0.5) is 0 Å². The average molecular weight is 286 g/mol. The lowest BCUT2D eigenvalue weighted by Crippen LogP contribution is -2.29. The molecule has 1 heterocycles. The molecule has 3 rings (SSSR count). The molecule has 2 N–H and O–H groups in total. The smallest absolute Gasteiger partial charge is 0.253 e. The zero-order valence-corrected chi connectivity index (χ0v) is 11.9. The summed E-state index contributed by atoms with van der Waals surface area (Å²) in [6.45, 7) is 0.285. The van der Waals surface area contributed by atoms with E-state index in [2.05, 4.69) is 15.2 Å². The van der Waals surface area contributed by atoms with Crippen LogP contribution in [0.3, 0.4) is 0 Å². The monoisotopic (exact) mass is 286 g/mol. The lowest BCUT2D eigenvalue weighted by molar-refractivity contribution is 0.0767. The first-order valence-electron chi connectivity index (χ1n) is 7.08. The molecule has 1 aliphatic carbocycles. The molecule has 6 nitrogen and oxygen atoms in total. The van der Waals surface area contributed by atoms with Gasteiger partial charge in [0.25, 0.3) is 5.91 Å². The van der Waals surface area contributed by atoms with Gasteiger partial charge in [-0.1, -0.05) is 12.1 Å². The first-order valence-corrected chi connectivity index (χ1v) is 7.08. The largest absolute Gasteiger partial charge is 0.395 e. The second kappa shape index (κ2) is 5.65. The third-order valence-electron chi connectivity index (χ3n) is 3.64. The molecule has 2 aromatic rings. The molecule has 1 amide bonds. The number of carbonyl (C=O) groups excluding carboxylic acids is 1. The summed E-state index contributed by atoms with van der Waals surface area (Å²) in [5, 5.41) is 16.1. The van der Waals surface area contributed by atoms with Crippen molar-refractivity contribution in [3.63, 3.8) is 0 Å². The van der Waals surface area contributed by atoms with Gasteiger partial charge in [-0.3, -0.25) is 9.89 Å². The Balaban J connectivity index is 1.75. The van der Waals surface area contributed by atoms with Gasteiger partial charge in [0.1, 0.15) is 5.82 Å². The molecule has 0 spiro atoms. The predicted octanol–water partition coefficient (Wildman–Crippen LogP) is 1.41. The summed E-state index contributed by atoms with van der Waals surface area (Å²) in [6, 6.07) is 7.22. The van der Waals surface area contributed by atoms with E-state index in [0.29, 0.717) is 23.9 Å². The van der Waals surface area contributed by atoms with Crippen LogP contribution in [-0.2, 0) is 0 Å². The molecule has 1 aliphatic rings. The zero-order chi connectivity index (χ0) is 14.8. The van der Waals surface area contributed by atoms with E-state index < -0.39 is 0 Å². The van der Waals surface area contributed by atoms with E-state index >= 15 is 0 Å². The second-order valence-corrected chi connectivity index (χ2v) is 5.35. The molecule has 0 unspecified atom stereocenters. The number of nitrogens with zero attached hydrogens (tertiary/aromatic N) is 3. The Morgan fingerprint density at radius 3 is 2.71 bits per heavy atom. The van der Waals surface area contributed by atoms with Gasteiger partial charge in [-0.2, -0.15) is 5.10 Å². The summed E-state index contributed by atoms with van der Waals surface area (Å²) >= 11 is 0. The van der Waals surface area contributed by atoms with Crippen LogP contribution in [0.1, 0.15) is 34.9 Å². The molecule has 21 heavy (non-hydrogen) atoms. The highest BCUT2D eigenvalue weighted by atomic mass is 16.3. The van der Waals surface area contributed by atoms with Gasteiger partial charge in [0.05, 0.1) is 6.61 Å². The van der Waals surface area contributed by atoms with Gasteiger partial charge in [-0.05, 0) is 25.0 Å². The van der Waals surface area contributed by atoms with Gasteiger partial charge in [-0.25, -0.2) is 4.98 Å². The summed E-state index contributed by atoms with van der Waals surface area (Å²) in [7, 11) is 1.67. The second-order valence-electron chi connectivity index (χ2n) is 5.35. The number of aliphatic hydroxyl groups excluding tert-OH is 1. The van der Waals surface area contributed by atoms with E-state index in [4.69, 9.17) is 5.11 Å². The summed E-state index contributed by atoms with van der Waals surface area (Å²) in [4.78, 5) is 18.0. The molecule has 0 atom stereocenters. The van der Waals surface area contributed by atoms with Gasteiger partial charge in [0.2, 0.25) is 0 Å². The van der Waals surface area contributed by atoms with Crippen LogP contribution < -0.4 is 0 Å². The predicted molar refractivity (Wildman–Crippen MR) is 77.8 cm³/mol. The number of aliphatic hydroxyl groups is 1. The number of rotatable bonds is 5. The highest BCUT2D eigenvalue weighted by Crippen LogP contribution is 2.38. The Hall–Kier alpha value is -2.21.